The van der Waals surface area contributed by atoms with Crippen LogP contribution in [0.3, 0.4) is 0 Å². The molecule has 1 amide bonds. The highest BCUT2D eigenvalue weighted by molar-refractivity contribution is 5.98. The fourth-order valence-electron chi connectivity index (χ4n) is 2.46. The summed E-state index contributed by atoms with van der Waals surface area (Å²) in [6.07, 6.45) is 0. The average molecular weight is 258 g/mol. The third-order valence-corrected chi connectivity index (χ3v) is 3.69. The Hall–Kier alpha value is -1.88. The number of carbonyl (C=O) groups is 1. The number of fused-ring (bicyclic) bond motifs is 3. The molecule has 2 aromatic rings. The smallest absolute Gasteiger partial charge is 0.246 e. The number of para-hydroxylation sites is 2. The van der Waals surface area contributed by atoms with Crippen LogP contribution in [0.5, 0.6) is 0 Å². The van der Waals surface area contributed by atoms with Crippen LogP contribution in [0.15, 0.2) is 24.3 Å². The highest BCUT2D eigenvalue weighted by Crippen LogP contribution is 2.27. The Morgan fingerprint density at radius 3 is 2.79 bits per heavy atom. The molecule has 0 bridgehead atoms. The summed E-state index contributed by atoms with van der Waals surface area (Å²) in [7, 11) is 0. The quantitative estimate of drug-likeness (QED) is 0.884. The van der Waals surface area contributed by atoms with Gasteiger partial charge in [0.15, 0.2) is 0 Å². The molecule has 0 saturated carbocycles. The van der Waals surface area contributed by atoms with Crippen molar-refractivity contribution >= 4 is 22.9 Å². The van der Waals surface area contributed by atoms with E-state index in [1.54, 1.807) is 4.90 Å². The number of carbonyl (C=O) groups excluding carboxylic acids is 1. The molecule has 2 N–H and O–H groups in total. The zero-order valence-electron chi connectivity index (χ0n) is 11.2. The lowest BCUT2D eigenvalue weighted by molar-refractivity contribution is -0.120. The molecular formula is C14H18N4O. The van der Waals surface area contributed by atoms with E-state index in [2.05, 4.69) is 9.55 Å². The summed E-state index contributed by atoms with van der Waals surface area (Å²) in [5.74, 6) is 0.817. The summed E-state index contributed by atoms with van der Waals surface area (Å²) >= 11 is 0. The maximum absolute atomic E-state index is 12.4. The molecule has 5 heteroatoms. The second-order valence-electron chi connectivity index (χ2n) is 5.31. The normalized spacial score (nSPS) is 16.1. The Morgan fingerprint density at radius 1 is 1.32 bits per heavy atom. The number of aromatic nitrogens is 2. The van der Waals surface area contributed by atoms with E-state index in [-0.39, 0.29) is 11.8 Å². The summed E-state index contributed by atoms with van der Waals surface area (Å²) in [6.45, 7) is 5.36. The van der Waals surface area contributed by atoms with Crippen LogP contribution in [0.25, 0.3) is 11.0 Å². The first-order chi connectivity index (χ1) is 9.09. The van der Waals surface area contributed by atoms with Crippen LogP contribution in [-0.4, -0.2) is 28.0 Å². The third-order valence-electron chi connectivity index (χ3n) is 3.69. The minimum Gasteiger partial charge on any atom is -0.320 e. The first kappa shape index (κ1) is 12.2. The van der Waals surface area contributed by atoms with E-state index < -0.39 is 6.04 Å². The number of hydrogen-bond acceptors (Lipinski definition) is 3. The van der Waals surface area contributed by atoms with E-state index in [1.807, 2.05) is 38.1 Å². The Labute approximate surface area is 112 Å². The van der Waals surface area contributed by atoms with Crippen LogP contribution in [0, 0.1) is 5.92 Å². The molecule has 1 aromatic carbocycles. The number of nitrogens with zero attached hydrogens (tertiary/aromatic N) is 3. The molecule has 1 aliphatic rings. The van der Waals surface area contributed by atoms with Crippen LogP contribution in [0.2, 0.25) is 0 Å². The molecule has 0 unspecified atom stereocenters. The van der Waals surface area contributed by atoms with E-state index in [9.17, 15) is 4.79 Å². The van der Waals surface area contributed by atoms with Gasteiger partial charge in [-0.15, -0.1) is 0 Å². The van der Waals surface area contributed by atoms with Gasteiger partial charge in [0.05, 0.1) is 17.1 Å². The van der Waals surface area contributed by atoms with Gasteiger partial charge in [-0.3, -0.25) is 9.69 Å². The van der Waals surface area contributed by atoms with Gasteiger partial charge in [0, 0.05) is 13.1 Å². The molecule has 0 radical (unpaired) electrons. The molecule has 3 rings (SSSR count). The van der Waals surface area contributed by atoms with Crippen molar-refractivity contribution in [2.24, 2.45) is 11.7 Å². The predicted octanol–water partition coefficient (Wildman–Crippen LogP) is 1.37. The number of anilines is 1. The van der Waals surface area contributed by atoms with Gasteiger partial charge in [-0.2, -0.15) is 0 Å². The van der Waals surface area contributed by atoms with E-state index in [1.165, 1.54) is 0 Å². The molecule has 1 atom stereocenters. The van der Waals surface area contributed by atoms with E-state index in [0.717, 1.165) is 23.5 Å². The summed E-state index contributed by atoms with van der Waals surface area (Å²) in [5.41, 5.74) is 7.96. The molecular weight excluding hydrogens is 240 g/mol. The van der Waals surface area contributed by atoms with Gasteiger partial charge in [0.2, 0.25) is 11.9 Å². The van der Waals surface area contributed by atoms with Crippen molar-refractivity contribution < 1.29 is 4.79 Å². The number of benzene rings is 1. The number of nitrogens with two attached hydrogens (primary N) is 1. The minimum atomic E-state index is -0.466. The first-order valence-electron chi connectivity index (χ1n) is 6.62. The summed E-state index contributed by atoms with van der Waals surface area (Å²) in [6, 6.07) is 7.47. The molecule has 0 fully saturated rings. The van der Waals surface area contributed by atoms with Gasteiger partial charge >= 0.3 is 0 Å². The lowest BCUT2D eigenvalue weighted by atomic mass is 10.0. The van der Waals surface area contributed by atoms with Crippen LogP contribution in [-0.2, 0) is 11.3 Å². The van der Waals surface area contributed by atoms with Crippen molar-refractivity contribution in [1.29, 1.82) is 0 Å². The van der Waals surface area contributed by atoms with Crippen molar-refractivity contribution in [3.63, 3.8) is 0 Å². The maximum Gasteiger partial charge on any atom is 0.246 e. The average Bonchev–Trinajstić information content (AvgIpc) is 2.95. The highest BCUT2D eigenvalue weighted by atomic mass is 16.2. The molecule has 0 spiro atoms. The van der Waals surface area contributed by atoms with Crippen molar-refractivity contribution in [3.05, 3.63) is 24.3 Å². The van der Waals surface area contributed by atoms with Crippen LogP contribution < -0.4 is 10.6 Å². The first-order valence-corrected chi connectivity index (χ1v) is 6.62. The summed E-state index contributed by atoms with van der Waals surface area (Å²) < 4.78 is 2.08. The third kappa shape index (κ3) is 1.81. The second kappa shape index (κ2) is 4.35. The fourth-order valence-corrected chi connectivity index (χ4v) is 2.46. The van der Waals surface area contributed by atoms with Crippen LogP contribution >= 0.6 is 0 Å². The number of hydrogen-bond donors (Lipinski definition) is 1. The van der Waals surface area contributed by atoms with Gasteiger partial charge in [-0.25, -0.2) is 4.98 Å². The van der Waals surface area contributed by atoms with E-state index in [4.69, 9.17) is 5.73 Å². The molecule has 0 saturated heterocycles. The molecule has 2 heterocycles. The van der Waals surface area contributed by atoms with Crippen molar-refractivity contribution in [2.75, 3.05) is 11.4 Å². The lowest BCUT2D eigenvalue weighted by Gasteiger charge is -2.21. The molecule has 1 aromatic heterocycles. The Morgan fingerprint density at radius 2 is 2.05 bits per heavy atom. The Balaban J connectivity index is 2.00. The molecule has 5 nitrogen and oxygen atoms in total. The van der Waals surface area contributed by atoms with Crippen molar-refractivity contribution in [2.45, 2.75) is 26.4 Å². The van der Waals surface area contributed by atoms with Crippen molar-refractivity contribution in [1.82, 2.24) is 9.55 Å². The minimum absolute atomic E-state index is 0.0379. The standard InChI is InChI=1S/C14H18N4O/c1-9(2)12(15)13(19)18-8-7-17-11-6-4-3-5-10(11)16-14(17)18/h3-6,9,12H,7-8,15H2,1-2H3/t12-/m0/s1. The second-order valence-corrected chi connectivity index (χ2v) is 5.31. The van der Waals surface area contributed by atoms with E-state index >= 15 is 0 Å². The topological polar surface area (TPSA) is 64.2 Å². The maximum atomic E-state index is 12.4. The van der Waals surface area contributed by atoms with Crippen LogP contribution in [0.4, 0.5) is 5.95 Å². The number of imidazole rings is 1. The fraction of sp³-hybridized carbons (Fsp3) is 0.429. The zero-order chi connectivity index (χ0) is 13.6. The lowest BCUT2D eigenvalue weighted by Crippen LogP contribution is -2.46. The number of rotatable bonds is 2. The monoisotopic (exact) mass is 258 g/mol. The van der Waals surface area contributed by atoms with Gasteiger partial charge in [-0.05, 0) is 18.1 Å². The molecule has 19 heavy (non-hydrogen) atoms. The molecule has 1 aliphatic heterocycles. The highest BCUT2D eigenvalue weighted by Gasteiger charge is 2.32. The molecule has 0 aliphatic carbocycles. The summed E-state index contributed by atoms with van der Waals surface area (Å²) in [4.78, 5) is 18.6. The molecule has 100 valence electrons. The van der Waals surface area contributed by atoms with Crippen molar-refractivity contribution in [3.8, 4) is 0 Å². The van der Waals surface area contributed by atoms with Crippen LogP contribution in [0.1, 0.15) is 13.8 Å². The van der Waals surface area contributed by atoms with Gasteiger partial charge < -0.3 is 10.3 Å². The van der Waals surface area contributed by atoms with Gasteiger partial charge in [0.25, 0.3) is 0 Å². The predicted molar refractivity (Wildman–Crippen MR) is 74.9 cm³/mol. The van der Waals surface area contributed by atoms with Gasteiger partial charge in [-0.1, -0.05) is 26.0 Å². The largest absolute Gasteiger partial charge is 0.320 e. The Bertz CT molecular complexity index is 631. The van der Waals surface area contributed by atoms with Gasteiger partial charge in [0.1, 0.15) is 0 Å². The number of amides is 1. The van der Waals surface area contributed by atoms with E-state index in [0.29, 0.717) is 6.54 Å². The Kier molecular flexibility index (Phi) is 2.78. The SMILES string of the molecule is CC(C)[C@H](N)C(=O)N1CCn2c1nc1ccccc12. The summed E-state index contributed by atoms with van der Waals surface area (Å²) in [5, 5.41) is 0. The zero-order valence-corrected chi connectivity index (χ0v) is 11.2.